The van der Waals surface area contributed by atoms with Crippen LogP contribution in [0.1, 0.15) is 31.2 Å². The Morgan fingerprint density at radius 2 is 2.00 bits per heavy atom. The lowest BCUT2D eigenvalue weighted by Crippen LogP contribution is -2.43. The first-order chi connectivity index (χ1) is 10.6. The highest BCUT2D eigenvalue weighted by Gasteiger charge is 2.43. The molecule has 2 fully saturated rings. The third-order valence-electron chi connectivity index (χ3n) is 5.08. The summed E-state index contributed by atoms with van der Waals surface area (Å²) in [6.07, 6.45) is 5.53. The van der Waals surface area contributed by atoms with Crippen LogP contribution >= 0.6 is 0 Å². The lowest BCUT2D eigenvalue weighted by Gasteiger charge is -2.38. The average Bonchev–Trinajstić information content (AvgIpc) is 2.92. The predicted octanol–water partition coefficient (Wildman–Crippen LogP) is 2.96. The largest absolute Gasteiger partial charge is 0.356 e. The quantitative estimate of drug-likeness (QED) is 0.687. The summed E-state index contributed by atoms with van der Waals surface area (Å²) in [4.78, 5) is 6.59. The van der Waals surface area contributed by atoms with Crippen molar-refractivity contribution in [1.82, 2.24) is 10.2 Å². The molecule has 3 nitrogen and oxygen atoms in total. The van der Waals surface area contributed by atoms with E-state index in [9.17, 15) is 8.78 Å². The van der Waals surface area contributed by atoms with Gasteiger partial charge in [-0.15, -0.1) is 0 Å². The smallest absolute Gasteiger partial charge is 0.193 e. The maximum Gasteiger partial charge on any atom is 0.193 e. The zero-order chi connectivity index (χ0) is 15.6. The Kier molecular flexibility index (Phi) is 4.32. The Bertz CT molecular complexity index is 547. The van der Waals surface area contributed by atoms with Gasteiger partial charge in [0, 0.05) is 32.2 Å². The van der Waals surface area contributed by atoms with Crippen molar-refractivity contribution in [3.8, 4) is 0 Å². The molecule has 0 amide bonds. The molecular formula is C17H23F2N3. The van der Waals surface area contributed by atoms with Crippen molar-refractivity contribution in [2.45, 2.75) is 32.1 Å². The van der Waals surface area contributed by atoms with Crippen LogP contribution in [0.15, 0.2) is 23.2 Å². The second kappa shape index (κ2) is 6.23. The van der Waals surface area contributed by atoms with Crippen molar-refractivity contribution >= 4 is 5.96 Å². The van der Waals surface area contributed by atoms with E-state index in [4.69, 9.17) is 0 Å². The summed E-state index contributed by atoms with van der Waals surface area (Å²) in [7, 11) is 1.76. The summed E-state index contributed by atoms with van der Waals surface area (Å²) in [6, 6.07) is 3.99. The molecule has 1 aliphatic carbocycles. The standard InChI is InChI=1S/C17H23F2N3/c1-20-16(22-11-9-17(12-22)7-3-8-17)21-10-6-13-14(18)4-2-5-15(13)19/h2,4-5H,3,6-12H2,1H3,(H,20,21). The molecule has 1 N–H and O–H groups in total. The Morgan fingerprint density at radius 1 is 1.27 bits per heavy atom. The van der Waals surface area contributed by atoms with Gasteiger partial charge >= 0.3 is 0 Å². The minimum Gasteiger partial charge on any atom is -0.356 e. The molecule has 0 aromatic heterocycles. The average molecular weight is 307 g/mol. The molecule has 1 saturated heterocycles. The van der Waals surface area contributed by atoms with Crippen molar-refractivity contribution in [3.05, 3.63) is 35.4 Å². The zero-order valence-corrected chi connectivity index (χ0v) is 13.0. The van der Waals surface area contributed by atoms with E-state index in [2.05, 4.69) is 15.2 Å². The SMILES string of the molecule is CN=C(NCCc1c(F)cccc1F)N1CCC2(CCC2)C1. The summed E-state index contributed by atoms with van der Waals surface area (Å²) < 4.78 is 27.2. The molecule has 0 bridgehead atoms. The molecule has 2 aliphatic rings. The van der Waals surface area contributed by atoms with Crippen molar-refractivity contribution < 1.29 is 8.78 Å². The molecule has 22 heavy (non-hydrogen) atoms. The van der Waals surface area contributed by atoms with Crippen LogP contribution in [0.5, 0.6) is 0 Å². The second-order valence-corrected chi connectivity index (χ2v) is 6.45. The fraction of sp³-hybridized carbons (Fsp3) is 0.588. The first kappa shape index (κ1) is 15.3. The normalized spacial score (nSPS) is 20.3. The van der Waals surface area contributed by atoms with Crippen molar-refractivity contribution in [2.24, 2.45) is 10.4 Å². The fourth-order valence-corrected chi connectivity index (χ4v) is 3.60. The van der Waals surface area contributed by atoms with Crippen LogP contribution in [-0.2, 0) is 6.42 Å². The highest BCUT2D eigenvalue weighted by molar-refractivity contribution is 5.80. The molecule has 3 rings (SSSR count). The van der Waals surface area contributed by atoms with E-state index in [1.54, 1.807) is 7.05 Å². The minimum absolute atomic E-state index is 0.141. The van der Waals surface area contributed by atoms with Gasteiger partial charge in [-0.05, 0) is 43.2 Å². The van der Waals surface area contributed by atoms with E-state index in [0.717, 1.165) is 19.0 Å². The van der Waals surface area contributed by atoms with Gasteiger partial charge in [-0.3, -0.25) is 4.99 Å². The zero-order valence-electron chi connectivity index (χ0n) is 13.0. The van der Waals surface area contributed by atoms with Crippen LogP contribution < -0.4 is 5.32 Å². The maximum atomic E-state index is 13.6. The Balaban J connectivity index is 1.54. The molecule has 1 aliphatic heterocycles. The molecule has 5 heteroatoms. The number of hydrogen-bond donors (Lipinski definition) is 1. The number of benzene rings is 1. The lowest BCUT2D eigenvalue weighted by atomic mass is 9.68. The van der Waals surface area contributed by atoms with Crippen LogP contribution in [0.2, 0.25) is 0 Å². The monoisotopic (exact) mass is 307 g/mol. The fourth-order valence-electron chi connectivity index (χ4n) is 3.60. The molecule has 1 aromatic carbocycles. The first-order valence-electron chi connectivity index (χ1n) is 8.02. The molecule has 120 valence electrons. The number of nitrogens with zero attached hydrogens (tertiary/aromatic N) is 2. The second-order valence-electron chi connectivity index (χ2n) is 6.45. The van der Waals surface area contributed by atoms with Crippen LogP contribution in [0.25, 0.3) is 0 Å². The van der Waals surface area contributed by atoms with E-state index < -0.39 is 11.6 Å². The van der Waals surface area contributed by atoms with Gasteiger partial charge in [-0.2, -0.15) is 0 Å². The van der Waals surface area contributed by atoms with E-state index in [1.807, 2.05) is 0 Å². The number of guanidine groups is 1. The molecule has 0 unspecified atom stereocenters. The molecule has 1 spiro atoms. The summed E-state index contributed by atoms with van der Waals surface area (Å²) in [5, 5.41) is 3.24. The number of nitrogens with one attached hydrogen (secondary N) is 1. The number of hydrogen-bond acceptors (Lipinski definition) is 1. The van der Waals surface area contributed by atoms with Gasteiger partial charge in [0.15, 0.2) is 5.96 Å². The summed E-state index contributed by atoms with van der Waals surface area (Å²) in [5.74, 6) is -0.113. The third kappa shape index (κ3) is 2.94. The highest BCUT2D eigenvalue weighted by atomic mass is 19.1. The van der Waals surface area contributed by atoms with Crippen molar-refractivity contribution in [2.75, 3.05) is 26.7 Å². The summed E-state index contributed by atoms with van der Waals surface area (Å²) in [6.45, 7) is 2.56. The van der Waals surface area contributed by atoms with Gasteiger partial charge in [-0.1, -0.05) is 12.5 Å². The highest BCUT2D eigenvalue weighted by Crippen LogP contribution is 2.47. The number of likely N-dealkylation sites (tertiary alicyclic amines) is 1. The van der Waals surface area contributed by atoms with Gasteiger partial charge in [0.25, 0.3) is 0 Å². The van der Waals surface area contributed by atoms with Crippen LogP contribution in [0, 0.1) is 17.0 Å². The predicted molar refractivity (Wildman–Crippen MR) is 83.9 cm³/mol. The van der Waals surface area contributed by atoms with E-state index in [-0.39, 0.29) is 5.56 Å². The molecule has 0 atom stereocenters. The lowest BCUT2D eigenvalue weighted by molar-refractivity contribution is 0.151. The third-order valence-corrected chi connectivity index (χ3v) is 5.08. The first-order valence-corrected chi connectivity index (χ1v) is 8.02. The van der Waals surface area contributed by atoms with Gasteiger partial charge in [0.1, 0.15) is 11.6 Å². The van der Waals surface area contributed by atoms with Gasteiger partial charge in [-0.25, -0.2) is 8.78 Å². The van der Waals surface area contributed by atoms with Crippen molar-refractivity contribution in [1.29, 1.82) is 0 Å². The topological polar surface area (TPSA) is 27.6 Å². The van der Waals surface area contributed by atoms with E-state index >= 15 is 0 Å². The van der Waals surface area contributed by atoms with Crippen molar-refractivity contribution in [3.63, 3.8) is 0 Å². The number of aliphatic imine (C=N–C) groups is 1. The number of halogens is 2. The van der Waals surface area contributed by atoms with Crippen LogP contribution in [0.4, 0.5) is 8.78 Å². The molecular weight excluding hydrogens is 284 g/mol. The van der Waals surface area contributed by atoms with Crippen LogP contribution in [0.3, 0.4) is 0 Å². The maximum absolute atomic E-state index is 13.6. The van der Waals surface area contributed by atoms with Gasteiger partial charge in [0.05, 0.1) is 0 Å². The Morgan fingerprint density at radius 3 is 2.55 bits per heavy atom. The molecule has 1 heterocycles. The van der Waals surface area contributed by atoms with E-state index in [1.165, 1.54) is 43.9 Å². The van der Waals surface area contributed by atoms with Crippen LogP contribution in [-0.4, -0.2) is 37.5 Å². The molecule has 1 saturated carbocycles. The molecule has 1 aromatic rings. The summed E-state index contributed by atoms with van der Waals surface area (Å²) >= 11 is 0. The Hall–Kier alpha value is -1.65. The van der Waals surface area contributed by atoms with Gasteiger partial charge in [0.2, 0.25) is 0 Å². The number of rotatable bonds is 3. The molecule has 0 radical (unpaired) electrons. The van der Waals surface area contributed by atoms with Gasteiger partial charge < -0.3 is 10.2 Å². The van der Waals surface area contributed by atoms with E-state index in [0.29, 0.717) is 18.4 Å². The minimum atomic E-state index is -0.480. The summed E-state index contributed by atoms with van der Waals surface area (Å²) in [5.41, 5.74) is 0.650. The Labute approximate surface area is 130 Å².